The predicted molar refractivity (Wildman–Crippen MR) is 123 cm³/mol. The minimum Gasteiger partial charge on any atom is -0.369 e. The number of hydrogen-bond donors (Lipinski definition) is 1. The minimum absolute atomic E-state index is 0.0300. The molecule has 0 spiro atoms. The molecular weight excluding hydrogens is 412 g/mol. The van der Waals surface area contributed by atoms with Crippen molar-refractivity contribution in [2.75, 3.05) is 57.8 Å². The molecule has 0 bridgehead atoms. The van der Waals surface area contributed by atoms with Gasteiger partial charge < -0.3 is 15.1 Å². The molecule has 0 radical (unpaired) electrons. The van der Waals surface area contributed by atoms with Crippen molar-refractivity contribution in [3.63, 3.8) is 0 Å². The number of likely N-dealkylation sites (N-methyl/N-ethyl adjacent to an activating group) is 1. The lowest BCUT2D eigenvalue weighted by Gasteiger charge is -2.39. The molecule has 2 atom stereocenters. The number of anilines is 1. The van der Waals surface area contributed by atoms with Crippen LogP contribution in [-0.4, -0.2) is 79.6 Å². The Labute approximate surface area is 188 Å². The van der Waals surface area contributed by atoms with E-state index in [0.29, 0.717) is 24.5 Å². The number of nitrogens with one attached hydrogen (secondary N) is 1. The molecule has 3 heterocycles. The van der Waals surface area contributed by atoms with Crippen LogP contribution in [0.1, 0.15) is 31.8 Å². The number of nitrogens with zero attached hydrogens (tertiary/aromatic N) is 4. The van der Waals surface area contributed by atoms with Gasteiger partial charge in [0.25, 0.3) is 6.43 Å². The molecule has 0 saturated carbocycles. The quantitative estimate of drug-likeness (QED) is 0.766. The zero-order valence-corrected chi connectivity index (χ0v) is 18.9. The Balaban J connectivity index is 1.46. The number of carbonyl (C=O) groups is 1. The molecule has 2 saturated heterocycles. The van der Waals surface area contributed by atoms with Gasteiger partial charge in [-0.25, -0.2) is 8.78 Å². The van der Waals surface area contributed by atoms with E-state index in [1.165, 1.54) is 6.07 Å². The maximum atomic E-state index is 13.5. The molecule has 2 aliphatic rings. The highest BCUT2D eigenvalue weighted by atomic mass is 19.3. The summed E-state index contributed by atoms with van der Waals surface area (Å²) in [5.74, 6) is 0.440. The van der Waals surface area contributed by atoms with Crippen LogP contribution in [0.2, 0.25) is 0 Å². The molecule has 6 nitrogen and oxygen atoms in total. The Morgan fingerprint density at radius 1 is 1.19 bits per heavy atom. The Hall–Kier alpha value is -2.32. The summed E-state index contributed by atoms with van der Waals surface area (Å²) in [5, 5.41) is 3.97. The number of aromatic nitrogens is 1. The van der Waals surface area contributed by atoms with E-state index >= 15 is 0 Å². The Bertz CT molecular complexity index is 940. The molecule has 0 aliphatic carbocycles. The van der Waals surface area contributed by atoms with Gasteiger partial charge in [0.1, 0.15) is 0 Å². The van der Waals surface area contributed by atoms with E-state index in [1.54, 1.807) is 18.3 Å². The highest BCUT2D eigenvalue weighted by Gasteiger charge is 2.28. The molecule has 8 heteroatoms. The summed E-state index contributed by atoms with van der Waals surface area (Å²) < 4.78 is 26.9. The lowest BCUT2D eigenvalue weighted by atomic mass is 9.94. The van der Waals surface area contributed by atoms with Crippen molar-refractivity contribution in [2.24, 2.45) is 5.92 Å². The Morgan fingerprint density at radius 2 is 2.03 bits per heavy atom. The monoisotopic (exact) mass is 445 g/mol. The second kappa shape index (κ2) is 10.1. The van der Waals surface area contributed by atoms with Crippen LogP contribution in [0.5, 0.6) is 0 Å². The zero-order chi connectivity index (χ0) is 22.7. The molecule has 1 aromatic carbocycles. The van der Waals surface area contributed by atoms with Crippen LogP contribution in [0.15, 0.2) is 30.5 Å². The topological polar surface area (TPSA) is 51.7 Å². The standard InChI is InChI=1S/C24H33F2N5O/c1-17-13-18(28-22(32)16-30-10-4-9-29(2)11-12-30)15-31(14-17)21-7-6-20(24(25)26)23-19(21)5-3-8-27-23/h3,5-8,17-18,24H,4,9-16H2,1-2H3,(H,28,32)/t17-,18+/m0/s1. The Kier molecular flexibility index (Phi) is 7.20. The molecule has 2 aliphatic heterocycles. The second-order valence-electron chi connectivity index (χ2n) is 9.32. The second-order valence-corrected chi connectivity index (χ2v) is 9.32. The van der Waals surface area contributed by atoms with Crippen molar-refractivity contribution in [3.05, 3.63) is 36.0 Å². The van der Waals surface area contributed by atoms with Crippen molar-refractivity contribution in [3.8, 4) is 0 Å². The van der Waals surface area contributed by atoms with Crippen LogP contribution < -0.4 is 10.2 Å². The van der Waals surface area contributed by atoms with E-state index in [1.807, 2.05) is 6.07 Å². The maximum absolute atomic E-state index is 13.5. The van der Waals surface area contributed by atoms with Crippen LogP contribution in [0.25, 0.3) is 10.9 Å². The normalized spacial score (nSPS) is 23.5. The van der Waals surface area contributed by atoms with Gasteiger partial charge in [-0.1, -0.05) is 6.92 Å². The smallest absolute Gasteiger partial charge is 0.265 e. The number of benzene rings is 1. The largest absolute Gasteiger partial charge is 0.369 e. The number of hydrogen-bond acceptors (Lipinski definition) is 5. The number of fused-ring (bicyclic) bond motifs is 1. The van der Waals surface area contributed by atoms with Gasteiger partial charge in [0.2, 0.25) is 5.91 Å². The average molecular weight is 446 g/mol. The van der Waals surface area contributed by atoms with E-state index in [2.05, 4.69) is 39.0 Å². The first-order chi connectivity index (χ1) is 15.4. The summed E-state index contributed by atoms with van der Waals surface area (Å²) in [7, 11) is 2.12. The van der Waals surface area contributed by atoms with Crippen LogP contribution in [0.3, 0.4) is 0 Å². The summed E-state index contributed by atoms with van der Waals surface area (Å²) >= 11 is 0. The summed E-state index contributed by atoms with van der Waals surface area (Å²) in [6.45, 7) is 7.99. The van der Waals surface area contributed by atoms with Gasteiger partial charge in [-0.3, -0.25) is 14.7 Å². The first kappa shape index (κ1) is 22.9. The molecule has 1 N–H and O–H groups in total. The van der Waals surface area contributed by atoms with Crippen molar-refractivity contribution in [2.45, 2.75) is 32.2 Å². The van der Waals surface area contributed by atoms with Crippen LogP contribution in [0, 0.1) is 5.92 Å². The van der Waals surface area contributed by atoms with Crippen LogP contribution in [0.4, 0.5) is 14.5 Å². The lowest BCUT2D eigenvalue weighted by Crippen LogP contribution is -2.52. The Morgan fingerprint density at radius 3 is 2.84 bits per heavy atom. The van der Waals surface area contributed by atoms with Crippen LogP contribution in [-0.2, 0) is 4.79 Å². The third-order valence-corrected chi connectivity index (χ3v) is 6.56. The molecule has 0 unspecified atom stereocenters. The van der Waals surface area contributed by atoms with Crippen molar-refractivity contribution in [1.29, 1.82) is 0 Å². The predicted octanol–water partition coefficient (Wildman–Crippen LogP) is 3.14. The van der Waals surface area contributed by atoms with Gasteiger partial charge >= 0.3 is 0 Å². The van der Waals surface area contributed by atoms with Gasteiger partial charge in [0.05, 0.1) is 12.1 Å². The van der Waals surface area contributed by atoms with Gasteiger partial charge in [-0.2, -0.15) is 0 Å². The lowest BCUT2D eigenvalue weighted by molar-refractivity contribution is -0.123. The molecule has 1 aromatic heterocycles. The third-order valence-electron chi connectivity index (χ3n) is 6.56. The number of pyridine rings is 1. The van der Waals surface area contributed by atoms with E-state index in [0.717, 1.165) is 56.6 Å². The summed E-state index contributed by atoms with van der Waals surface area (Å²) in [6.07, 6.45) is 0.984. The van der Waals surface area contributed by atoms with E-state index in [9.17, 15) is 13.6 Å². The van der Waals surface area contributed by atoms with Gasteiger partial charge in [-0.05, 0) is 63.2 Å². The molecule has 32 heavy (non-hydrogen) atoms. The average Bonchev–Trinajstić information content (AvgIpc) is 2.96. The van der Waals surface area contributed by atoms with Gasteiger partial charge in [0.15, 0.2) is 0 Å². The molecule has 2 aromatic rings. The minimum atomic E-state index is -2.56. The van der Waals surface area contributed by atoms with Gasteiger partial charge in [-0.15, -0.1) is 0 Å². The van der Waals surface area contributed by atoms with E-state index in [-0.39, 0.29) is 17.5 Å². The number of piperidine rings is 1. The fraction of sp³-hybridized carbons (Fsp3) is 0.583. The molecule has 4 rings (SSSR count). The molecule has 1 amide bonds. The molecule has 174 valence electrons. The number of carbonyl (C=O) groups excluding carboxylic acids is 1. The number of rotatable bonds is 5. The van der Waals surface area contributed by atoms with E-state index in [4.69, 9.17) is 0 Å². The van der Waals surface area contributed by atoms with Crippen molar-refractivity contribution >= 4 is 22.5 Å². The van der Waals surface area contributed by atoms with Crippen molar-refractivity contribution < 1.29 is 13.6 Å². The third kappa shape index (κ3) is 5.35. The fourth-order valence-corrected chi connectivity index (χ4v) is 5.02. The first-order valence-electron chi connectivity index (χ1n) is 11.5. The number of halogens is 2. The summed E-state index contributed by atoms with van der Waals surface area (Å²) in [5.41, 5.74) is 1.21. The van der Waals surface area contributed by atoms with Gasteiger partial charge in [0, 0.05) is 55.1 Å². The molecule has 2 fully saturated rings. The van der Waals surface area contributed by atoms with Crippen molar-refractivity contribution in [1.82, 2.24) is 20.1 Å². The highest BCUT2D eigenvalue weighted by Crippen LogP contribution is 2.34. The number of amides is 1. The summed E-state index contributed by atoms with van der Waals surface area (Å²) in [6, 6.07) is 6.93. The molecular formula is C24H33F2N5O. The maximum Gasteiger partial charge on any atom is 0.265 e. The first-order valence-corrected chi connectivity index (χ1v) is 11.5. The SMILES string of the molecule is C[C@H]1C[C@@H](NC(=O)CN2CCCN(C)CC2)CN(c2ccc(C(F)F)c3ncccc23)C1. The van der Waals surface area contributed by atoms with E-state index < -0.39 is 6.43 Å². The summed E-state index contributed by atoms with van der Waals surface area (Å²) in [4.78, 5) is 23.8. The fourth-order valence-electron chi connectivity index (χ4n) is 5.02. The zero-order valence-electron chi connectivity index (χ0n) is 18.9. The highest BCUT2D eigenvalue weighted by molar-refractivity contribution is 5.94. The van der Waals surface area contributed by atoms with Crippen LogP contribution >= 0.6 is 0 Å². The number of alkyl halides is 2.